The number of amides is 1. The number of anilines is 1. The van der Waals surface area contributed by atoms with Crippen molar-refractivity contribution in [1.82, 2.24) is 24.8 Å². The van der Waals surface area contributed by atoms with E-state index in [1.165, 1.54) is 0 Å². The summed E-state index contributed by atoms with van der Waals surface area (Å²) in [5.74, 6) is -0.267. The van der Waals surface area contributed by atoms with Crippen molar-refractivity contribution >= 4 is 17.2 Å². The second-order valence-electron chi connectivity index (χ2n) is 4.71. The first kappa shape index (κ1) is 12.3. The fourth-order valence-electron chi connectivity index (χ4n) is 1.96. The highest BCUT2D eigenvalue weighted by Gasteiger charge is 2.15. The zero-order chi connectivity index (χ0) is 14.3. The molecular formula is C13H14N6O. The molecule has 0 bridgehead atoms. The second kappa shape index (κ2) is 4.44. The van der Waals surface area contributed by atoms with Crippen LogP contribution in [0.5, 0.6) is 0 Å². The van der Waals surface area contributed by atoms with Gasteiger partial charge in [-0.15, -0.1) is 0 Å². The Balaban J connectivity index is 1.88. The molecule has 0 saturated carbocycles. The Morgan fingerprint density at radius 1 is 1.35 bits per heavy atom. The zero-order valence-electron chi connectivity index (χ0n) is 11.4. The molecule has 0 radical (unpaired) electrons. The number of nitrogens with one attached hydrogen (secondary N) is 2. The SMILES string of the molecule is Cc1cc2ncc(NC(=O)c3n[nH]c(C)c3C)cn2n1. The van der Waals surface area contributed by atoms with Gasteiger partial charge in [-0.1, -0.05) is 0 Å². The number of aromatic amines is 1. The number of aromatic nitrogens is 5. The highest BCUT2D eigenvalue weighted by molar-refractivity contribution is 6.03. The van der Waals surface area contributed by atoms with Crippen molar-refractivity contribution in [3.05, 3.63) is 41.1 Å². The molecule has 0 spiro atoms. The van der Waals surface area contributed by atoms with Crippen LogP contribution in [0.25, 0.3) is 5.65 Å². The largest absolute Gasteiger partial charge is 0.318 e. The fraction of sp³-hybridized carbons (Fsp3) is 0.231. The van der Waals surface area contributed by atoms with Crippen molar-refractivity contribution in [1.29, 1.82) is 0 Å². The Kier molecular flexibility index (Phi) is 2.74. The summed E-state index contributed by atoms with van der Waals surface area (Å²) >= 11 is 0. The second-order valence-corrected chi connectivity index (χ2v) is 4.71. The summed E-state index contributed by atoms with van der Waals surface area (Å²) < 4.78 is 1.63. The van der Waals surface area contributed by atoms with E-state index in [-0.39, 0.29) is 5.91 Å². The van der Waals surface area contributed by atoms with Crippen LogP contribution in [0.2, 0.25) is 0 Å². The van der Waals surface area contributed by atoms with E-state index in [0.29, 0.717) is 11.4 Å². The van der Waals surface area contributed by atoms with Crippen LogP contribution in [0.4, 0.5) is 5.69 Å². The smallest absolute Gasteiger partial charge is 0.276 e. The minimum atomic E-state index is -0.267. The lowest BCUT2D eigenvalue weighted by molar-refractivity contribution is 0.102. The van der Waals surface area contributed by atoms with Crippen molar-refractivity contribution < 1.29 is 4.79 Å². The number of rotatable bonds is 2. The van der Waals surface area contributed by atoms with Crippen molar-refractivity contribution in [3.8, 4) is 0 Å². The van der Waals surface area contributed by atoms with Crippen LogP contribution in [0.3, 0.4) is 0 Å². The molecule has 20 heavy (non-hydrogen) atoms. The van der Waals surface area contributed by atoms with E-state index in [1.54, 1.807) is 16.9 Å². The molecule has 3 aromatic rings. The third-order valence-electron chi connectivity index (χ3n) is 3.16. The van der Waals surface area contributed by atoms with Crippen LogP contribution >= 0.6 is 0 Å². The predicted octanol–water partition coefficient (Wildman–Crippen LogP) is 1.63. The van der Waals surface area contributed by atoms with E-state index in [9.17, 15) is 4.79 Å². The Hall–Kier alpha value is -2.70. The van der Waals surface area contributed by atoms with Crippen LogP contribution < -0.4 is 5.32 Å². The Morgan fingerprint density at radius 3 is 2.85 bits per heavy atom. The molecule has 0 aliphatic heterocycles. The summed E-state index contributed by atoms with van der Waals surface area (Å²) in [4.78, 5) is 16.4. The Morgan fingerprint density at radius 2 is 2.15 bits per heavy atom. The number of hydrogen-bond donors (Lipinski definition) is 2. The molecule has 2 N–H and O–H groups in total. The first-order chi connectivity index (χ1) is 9.54. The first-order valence-electron chi connectivity index (χ1n) is 6.19. The predicted molar refractivity (Wildman–Crippen MR) is 73.7 cm³/mol. The van der Waals surface area contributed by atoms with Gasteiger partial charge in [0.1, 0.15) is 0 Å². The molecule has 3 aromatic heterocycles. The summed E-state index contributed by atoms with van der Waals surface area (Å²) in [6.07, 6.45) is 3.32. The monoisotopic (exact) mass is 270 g/mol. The molecular weight excluding hydrogens is 256 g/mol. The van der Waals surface area contributed by atoms with Crippen LogP contribution in [0.1, 0.15) is 27.4 Å². The standard InChI is InChI=1S/C13H14N6O/c1-7-4-11-14-5-10(6-19(11)18-7)15-13(20)12-8(2)9(3)16-17-12/h4-6H,1-3H3,(H,15,20)(H,16,17). The molecule has 0 atom stereocenters. The summed E-state index contributed by atoms with van der Waals surface area (Å²) in [7, 11) is 0. The van der Waals surface area contributed by atoms with Crippen molar-refractivity contribution in [2.45, 2.75) is 20.8 Å². The van der Waals surface area contributed by atoms with E-state index in [2.05, 4.69) is 25.6 Å². The van der Waals surface area contributed by atoms with Gasteiger partial charge in [0, 0.05) is 17.3 Å². The number of nitrogens with zero attached hydrogens (tertiary/aromatic N) is 4. The van der Waals surface area contributed by atoms with E-state index >= 15 is 0 Å². The van der Waals surface area contributed by atoms with Gasteiger partial charge in [-0.2, -0.15) is 10.2 Å². The third kappa shape index (κ3) is 2.03. The maximum atomic E-state index is 12.1. The first-order valence-corrected chi connectivity index (χ1v) is 6.19. The lowest BCUT2D eigenvalue weighted by Gasteiger charge is -2.03. The molecule has 0 saturated heterocycles. The molecule has 7 heteroatoms. The number of fused-ring (bicyclic) bond motifs is 1. The van der Waals surface area contributed by atoms with Gasteiger partial charge in [0.05, 0.1) is 23.8 Å². The van der Waals surface area contributed by atoms with E-state index < -0.39 is 0 Å². The molecule has 3 heterocycles. The molecule has 102 valence electrons. The summed E-state index contributed by atoms with van der Waals surface area (Å²) in [5, 5.41) is 13.8. The maximum absolute atomic E-state index is 12.1. The number of carbonyl (C=O) groups excluding carboxylic acids is 1. The molecule has 0 aliphatic rings. The average molecular weight is 270 g/mol. The Labute approximate surface area is 115 Å². The minimum absolute atomic E-state index is 0.267. The van der Waals surface area contributed by atoms with Gasteiger partial charge >= 0.3 is 0 Å². The highest BCUT2D eigenvalue weighted by atomic mass is 16.1. The topological polar surface area (TPSA) is 88.0 Å². The van der Waals surface area contributed by atoms with Gasteiger partial charge in [-0.25, -0.2) is 9.50 Å². The van der Waals surface area contributed by atoms with Gasteiger partial charge in [0.15, 0.2) is 11.3 Å². The van der Waals surface area contributed by atoms with Crippen LogP contribution in [-0.2, 0) is 0 Å². The molecule has 0 fully saturated rings. The average Bonchev–Trinajstić information content (AvgIpc) is 2.92. The molecule has 0 unspecified atom stereocenters. The van der Waals surface area contributed by atoms with Crippen LogP contribution in [0, 0.1) is 20.8 Å². The lowest BCUT2D eigenvalue weighted by atomic mass is 10.2. The van der Waals surface area contributed by atoms with Gasteiger partial charge in [0.2, 0.25) is 0 Å². The van der Waals surface area contributed by atoms with Crippen molar-refractivity contribution in [3.63, 3.8) is 0 Å². The number of H-pyrrole nitrogens is 1. The van der Waals surface area contributed by atoms with Crippen molar-refractivity contribution in [2.75, 3.05) is 5.32 Å². The normalized spacial score (nSPS) is 10.9. The number of hydrogen-bond acceptors (Lipinski definition) is 4. The van der Waals surface area contributed by atoms with E-state index in [1.807, 2.05) is 26.8 Å². The molecule has 3 rings (SSSR count). The minimum Gasteiger partial charge on any atom is -0.318 e. The maximum Gasteiger partial charge on any atom is 0.276 e. The summed E-state index contributed by atoms with van der Waals surface area (Å²) in [6.45, 7) is 5.62. The fourth-order valence-corrected chi connectivity index (χ4v) is 1.96. The lowest BCUT2D eigenvalue weighted by Crippen LogP contribution is -2.14. The van der Waals surface area contributed by atoms with Gasteiger partial charge < -0.3 is 5.32 Å². The van der Waals surface area contributed by atoms with Gasteiger partial charge in [0.25, 0.3) is 5.91 Å². The Bertz CT molecular complexity index is 800. The summed E-state index contributed by atoms with van der Waals surface area (Å²) in [6, 6.07) is 1.87. The van der Waals surface area contributed by atoms with Crippen LogP contribution in [-0.4, -0.2) is 30.7 Å². The van der Waals surface area contributed by atoms with E-state index in [0.717, 1.165) is 22.6 Å². The quantitative estimate of drug-likeness (QED) is 0.740. The van der Waals surface area contributed by atoms with Gasteiger partial charge in [-0.05, 0) is 20.8 Å². The van der Waals surface area contributed by atoms with Crippen LogP contribution in [0.15, 0.2) is 18.5 Å². The molecule has 0 aromatic carbocycles. The molecule has 1 amide bonds. The third-order valence-corrected chi connectivity index (χ3v) is 3.16. The number of aryl methyl sites for hydroxylation is 2. The highest BCUT2D eigenvalue weighted by Crippen LogP contribution is 2.13. The zero-order valence-corrected chi connectivity index (χ0v) is 11.4. The molecule has 0 aliphatic carbocycles. The van der Waals surface area contributed by atoms with Gasteiger partial charge in [-0.3, -0.25) is 9.89 Å². The molecule has 7 nitrogen and oxygen atoms in total. The van der Waals surface area contributed by atoms with Crippen molar-refractivity contribution in [2.24, 2.45) is 0 Å². The summed E-state index contributed by atoms with van der Waals surface area (Å²) in [5.41, 5.74) is 4.30. The number of carbonyl (C=O) groups is 1. The van der Waals surface area contributed by atoms with E-state index in [4.69, 9.17) is 0 Å².